The van der Waals surface area contributed by atoms with E-state index in [0.29, 0.717) is 0 Å². The summed E-state index contributed by atoms with van der Waals surface area (Å²) in [5, 5.41) is 4.69. The molecule has 110 valence electrons. The highest BCUT2D eigenvalue weighted by Gasteiger charge is 2.21. The fraction of sp³-hybridized carbons (Fsp3) is 0.647. The van der Waals surface area contributed by atoms with Crippen molar-refractivity contribution < 1.29 is 0 Å². The summed E-state index contributed by atoms with van der Waals surface area (Å²) < 4.78 is 0. The van der Waals surface area contributed by atoms with E-state index in [0.717, 1.165) is 17.8 Å². The van der Waals surface area contributed by atoms with Crippen LogP contribution in [0.5, 0.6) is 0 Å². The third kappa shape index (κ3) is 4.24. The van der Waals surface area contributed by atoms with Gasteiger partial charge in [-0.3, -0.25) is 4.90 Å². The predicted octanol–water partition coefficient (Wildman–Crippen LogP) is 3.14. The van der Waals surface area contributed by atoms with Crippen LogP contribution in [-0.4, -0.2) is 41.6 Å². The normalized spacial score (nSPS) is 25.1. The smallest absolute Gasteiger partial charge is 0.0233 e. The summed E-state index contributed by atoms with van der Waals surface area (Å²) in [6.45, 7) is 4.83. The average molecular weight is 290 g/mol. The minimum Gasteiger partial charge on any atom is -0.313 e. The van der Waals surface area contributed by atoms with Crippen molar-refractivity contribution >= 4 is 11.8 Å². The van der Waals surface area contributed by atoms with Crippen LogP contribution in [0.4, 0.5) is 0 Å². The van der Waals surface area contributed by atoms with E-state index in [2.05, 4.69) is 52.3 Å². The number of nitrogens with one attached hydrogen (secondary N) is 1. The molecule has 1 unspecified atom stereocenters. The van der Waals surface area contributed by atoms with Crippen LogP contribution < -0.4 is 5.32 Å². The zero-order valence-electron chi connectivity index (χ0n) is 12.3. The molecule has 2 nitrogen and oxygen atoms in total. The minimum absolute atomic E-state index is 0.753. The zero-order chi connectivity index (χ0) is 13.6. The third-order valence-corrected chi connectivity index (χ3v) is 5.89. The lowest BCUT2D eigenvalue weighted by Crippen LogP contribution is -2.43. The predicted molar refractivity (Wildman–Crippen MR) is 88.2 cm³/mol. The molecular formula is C17H26N2S. The molecule has 2 aliphatic rings. The quantitative estimate of drug-likeness (QED) is 0.897. The number of benzene rings is 1. The summed E-state index contributed by atoms with van der Waals surface area (Å²) >= 11 is 2.16. The molecule has 0 spiro atoms. The maximum atomic E-state index is 3.80. The SMILES string of the molecule is c1ccc(CN2CCC(NCC3CCCS3)CC2)cc1. The second-order valence-corrected chi connectivity index (χ2v) is 7.49. The Kier molecular flexibility index (Phi) is 5.40. The van der Waals surface area contributed by atoms with Gasteiger partial charge < -0.3 is 5.32 Å². The molecule has 3 heteroatoms. The molecule has 2 fully saturated rings. The number of hydrogen-bond donors (Lipinski definition) is 1. The number of likely N-dealkylation sites (tertiary alicyclic amines) is 1. The van der Waals surface area contributed by atoms with Gasteiger partial charge in [0.2, 0.25) is 0 Å². The van der Waals surface area contributed by atoms with Gasteiger partial charge in [-0.15, -0.1) is 0 Å². The van der Waals surface area contributed by atoms with Crippen molar-refractivity contribution in [2.24, 2.45) is 0 Å². The van der Waals surface area contributed by atoms with Crippen molar-refractivity contribution in [2.75, 3.05) is 25.4 Å². The van der Waals surface area contributed by atoms with E-state index in [1.807, 2.05) is 0 Å². The molecular weight excluding hydrogens is 264 g/mol. The average Bonchev–Trinajstić information content (AvgIpc) is 3.01. The Morgan fingerprint density at radius 2 is 1.90 bits per heavy atom. The molecule has 2 aliphatic heterocycles. The molecule has 2 heterocycles. The lowest BCUT2D eigenvalue weighted by Gasteiger charge is -2.33. The van der Waals surface area contributed by atoms with Crippen LogP contribution in [0.3, 0.4) is 0 Å². The maximum absolute atomic E-state index is 3.80. The Labute approximate surface area is 127 Å². The van der Waals surface area contributed by atoms with E-state index in [9.17, 15) is 0 Å². The molecule has 0 amide bonds. The Morgan fingerprint density at radius 3 is 2.60 bits per heavy atom. The first-order valence-corrected chi connectivity index (χ1v) is 9.06. The molecule has 1 aromatic rings. The molecule has 2 saturated heterocycles. The van der Waals surface area contributed by atoms with Crippen LogP contribution in [0.1, 0.15) is 31.2 Å². The summed E-state index contributed by atoms with van der Waals surface area (Å²) in [6, 6.07) is 11.6. The van der Waals surface area contributed by atoms with Crippen LogP contribution in [0.15, 0.2) is 30.3 Å². The Bertz CT molecular complexity index is 381. The molecule has 1 aromatic carbocycles. The van der Waals surface area contributed by atoms with Crippen LogP contribution in [0, 0.1) is 0 Å². The highest BCUT2D eigenvalue weighted by Crippen LogP contribution is 2.25. The lowest BCUT2D eigenvalue weighted by atomic mass is 10.0. The summed E-state index contributed by atoms with van der Waals surface area (Å²) in [5.41, 5.74) is 1.45. The topological polar surface area (TPSA) is 15.3 Å². The van der Waals surface area contributed by atoms with Crippen molar-refractivity contribution in [1.82, 2.24) is 10.2 Å². The van der Waals surface area contributed by atoms with Crippen molar-refractivity contribution in [1.29, 1.82) is 0 Å². The monoisotopic (exact) mass is 290 g/mol. The Hall–Kier alpha value is -0.510. The number of piperidine rings is 1. The van der Waals surface area contributed by atoms with Crippen LogP contribution in [-0.2, 0) is 6.54 Å². The van der Waals surface area contributed by atoms with Gasteiger partial charge in [0, 0.05) is 24.4 Å². The van der Waals surface area contributed by atoms with E-state index in [1.54, 1.807) is 0 Å². The number of rotatable bonds is 5. The maximum Gasteiger partial charge on any atom is 0.0233 e. The van der Waals surface area contributed by atoms with Crippen molar-refractivity contribution in [3.63, 3.8) is 0 Å². The van der Waals surface area contributed by atoms with Gasteiger partial charge >= 0.3 is 0 Å². The molecule has 1 atom stereocenters. The fourth-order valence-electron chi connectivity index (χ4n) is 3.24. The van der Waals surface area contributed by atoms with E-state index in [1.165, 1.54) is 56.6 Å². The Balaban J connectivity index is 1.36. The highest BCUT2D eigenvalue weighted by molar-refractivity contribution is 8.00. The molecule has 1 N–H and O–H groups in total. The summed E-state index contributed by atoms with van der Waals surface area (Å²) in [5.74, 6) is 1.38. The zero-order valence-corrected chi connectivity index (χ0v) is 13.1. The van der Waals surface area contributed by atoms with Gasteiger partial charge in [0.15, 0.2) is 0 Å². The first kappa shape index (κ1) is 14.4. The Morgan fingerprint density at radius 1 is 1.10 bits per heavy atom. The summed E-state index contributed by atoms with van der Waals surface area (Å²) in [7, 11) is 0. The van der Waals surface area contributed by atoms with Gasteiger partial charge in [0.25, 0.3) is 0 Å². The van der Waals surface area contributed by atoms with Crippen molar-refractivity contribution in [3.8, 4) is 0 Å². The van der Waals surface area contributed by atoms with Gasteiger partial charge in [-0.25, -0.2) is 0 Å². The first-order valence-electron chi connectivity index (χ1n) is 8.01. The van der Waals surface area contributed by atoms with Gasteiger partial charge in [-0.2, -0.15) is 11.8 Å². The van der Waals surface area contributed by atoms with Gasteiger partial charge in [0.05, 0.1) is 0 Å². The number of nitrogens with zero attached hydrogens (tertiary/aromatic N) is 1. The van der Waals surface area contributed by atoms with Gasteiger partial charge in [0.1, 0.15) is 0 Å². The molecule has 0 radical (unpaired) electrons. The number of hydrogen-bond acceptors (Lipinski definition) is 3. The summed E-state index contributed by atoms with van der Waals surface area (Å²) in [4.78, 5) is 2.60. The van der Waals surface area contributed by atoms with Crippen molar-refractivity contribution in [3.05, 3.63) is 35.9 Å². The molecule has 0 aromatic heterocycles. The molecule has 0 saturated carbocycles. The second kappa shape index (κ2) is 7.48. The van der Waals surface area contributed by atoms with Crippen LogP contribution in [0.2, 0.25) is 0 Å². The molecule has 3 rings (SSSR count). The molecule has 0 aliphatic carbocycles. The second-order valence-electron chi connectivity index (χ2n) is 6.08. The standard InChI is InChI=1S/C17H26N2S/c1-2-5-15(6-3-1)14-19-10-8-16(9-11-19)18-13-17-7-4-12-20-17/h1-3,5-6,16-18H,4,7-14H2. The van der Waals surface area contributed by atoms with Crippen LogP contribution >= 0.6 is 11.8 Å². The molecule has 20 heavy (non-hydrogen) atoms. The molecule has 0 bridgehead atoms. The minimum atomic E-state index is 0.753. The van der Waals surface area contributed by atoms with Gasteiger partial charge in [-0.05, 0) is 50.1 Å². The largest absolute Gasteiger partial charge is 0.313 e. The van der Waals surface area contributed by atoms with E-state index in [4.69, 9.17) is 0 Å². The van der Waals surface area contributed by atoms with E-state index in [-0.39, 0.29) is 0 Å². The van der Waals surface area contributed by atoms with Crippen molar-refractivity contribution in [2.45, 2.75) is 43.5 Å². The highest BCUT2D eigenvalue weighted by atomic mass is 32.2. The van der Waals surface area contributed by atoms with E-state index < -0.39 is 0 Å². The fourth-order valence-corrected chi connectivity index (χ4v) is 4.45. The number of thioether (sulfide) groups is 1. The lowest BCUT2D eigenvalue weighted by molar-refractivity contribution is 0.191. The van der Waals surface area contributed by atoms with Gasteiger partial charge in [-0.1, -0.05) is 30.3 Å². The summed E-state index contributed by atoms with van der Waals surface area (Å²) in [6.07, 6.45) is 5.46. The third-order valence-electron chi connectivity index (χ3n) is 4.49. The first-order chi connectivity index (χ1) is 9.90. The van der Waals surface area contributed by atoms with Crippen LogP contribution in [0.25, 0.3) is 0 Å². The van der Waals surface area contributed by atoms with E-state index >= 15 is 0 Å².